The molecule has 10 heteroatoms. The highest BCUT2D eigenvalue weighted by Gasteiger charge is 2.25. The predicted octanol–water partition coefficient (Wildman–Crippen LogP) is 5.43. The fourth-order valence-electron chi connectivity index (χ4n) is 2.62. The molecule has 2 rings (SSSR count). The topological polar surface area (TPSA) is 66.0 Å². The maximum atomic E-state index is 12.7. The van der Waals surface area contributed by atoms with Crippen molar-refractivity contribution in [1.82, 2.24) is 5.48 Å². The molecular formula is C20H23Cl2F2NO5. The number of nitrogens with one attached hydrogen (secondary N) is 1. The van der Waals surface area contributed by atoms with Crippen molar-refractivity contribution in [1.29, 1.82) is 0 Å². The van der Waals surface area contributed by atoms with Gasteiger partial charge in [0, 0.05) is 17.7 Å². The molecule has 1 fully saturated rings. The zero-order chi connectivity index (χ0) is 22.1. The molecule has 0 radical (unpaired) electrons. The first-order valence-electron chi connectivity index (χ1n) is 9.16. The van der Waals surface area contributed by atoms with E-state index in [2.05, 4.69) is 10.2 Å². The molecule has 0 saturated heterocycles. The summed E-state index contributed by atoms with van der Waals surface area (Å²) < 4.78 is 40.9. The number of allylic oxidation sites excluding steroid dienone is 2. The van der Waals surface area contributed by atoms with Crippen LogP contribution < -0.4 is 15.0 Å². The largest absolute Gasteiger partial charge is 0.489 e. The van der Waals surface area contributed by atoms with E-state index in [1.54, 1.807) is 6.92 Å². The highest BCUT2D eigenvalue weighted by Crippen LogP contribution is 2.38. The molecule has 0 aliphatic heterocycles. The molecule has 1 saturated carbocycles. The molecule has 0 bridgehead atoms. The Labute approximate surface area is 183 Å². The van der Waals surface area contributed by atoms with E-state index in [1.807, 2.05) is 0 Å². The van der Waals surface area contributed by atoms with Crippen LogP contribution in [0.3, 0.4) is 0 Å². The SMILES string of the molecule is CON/C=C(Cl)\C(CC(OC=O)c1ccc(OC(F)F)c(OCC2CC2)c1)=C(/C)Cl. The number of alkyl halides is 2. The van der Waals surface area contributed by atoms with Crippen molar-refractivity contribution in [3.8, 4) is 11.5 Å². The van der Waals surface area contributed by atoms with E-state index in [-0.39, 0.29) is 23.0 Å². The van der Waals surface area contributed by atoms with Gasteiger partial charge >= 0.3 is 6.61 Å². The van der Waals surface area contributed by atoms with E-state index >= 15 is 0 Å². The molecule has 0 aromatic heterocycles. The third-order valence-electron chi connectivity index (χ3n) is 4.34. The van der Waals surface area contributed by atoms with E-state index in [9.17, 15) is 13.6 Å². The number of ether oxygens (including phenoxy) is 3. The van der Waals surface area contributed by atoms with Crippen LogP contribution in [-0.2, 0) is 14.4 Å². The van der Waals surface area contributed by atoms with Gasteiger partial charge in [-0.05, 0) is 49.0 Å². The number of carbonyl (C=O) groups excluding carboxylic acids is 1. The molecule has 1 atom stereocenters. The van der Waals surface area contributed by atoms with E-state index in [0.29, 0.717) is 35.2 Å². The Morgan fingerprint density at radius 1 is 1.30 bits per heavy atom. The zero-order valence-corrected chi connectivity index (χ0v) is 18.0. The lowest BCUT2D eigenvalue weighted by atomic mass is 10.00. The molecule has 1 aromatic carbocycles. The number of hydrogen-bond acceptors (Lipinski definition) is 6. The highest BCUT2D eigenvalue weighted by atomic mass is 35.5. The lowest BCUT2D eigenvalue weighted by molar-refractivity contribution is -0.133. The normalized spacial score (nSPS) is 16.0. The van der Waals surface area contributed by atoms with Crippen LogP contribution in [0.2, 0.25) is 0 Å². The fourth-order valence-corrected chi connectivity index (χ4v) is 3.11. The van der Waals surface area contributed by atoms with Crippen molar-refractivity contribution in [2.75, 3.05) is 13.7 Å². The van der Waals surface area contributed by atoms with Gasteiger partial charge in [-0.3, -0.25) is 15.1 Å². The second-order valence-electron chi connectivity index (χ2n) is 6.59. The number of benzene rings is 1. The van der Waals surface area contributed by atoms with Crippen LogP contribution in [0, 0.1) is 5.92 Å². The van der Waals surface area contributed by atoms with Gasteiger partial charge in [0.15, 0.2) is 11.5 Å². The van der Waals surface area contributed by atoms with E-state index < -0.39 is 12.7 Å². The van der Waals surface area contributed by atoms with Crippen LogP contribution in [0.15, 0.2) is 40.0 Å². The van der Waals surface area contributed by atoms with Gasteiger partial charge in [-0.2, -0.15) is 8.78 Å². The lowest BCUT2D eigenvalue weighted by Crippen LogP contribution is -2.10. The van der Waals surface area contributed by atoms with Crippen LogP contribution in [0.5, 0.6) is 11.5 Å². The molecule has 6 nitrogen and oxygen atoms in total. The maximum Gasteiger partial charge on any atom is 0.387 e. The summed E-state index contributed by atoms with van der Waals surface area (Å²) in [5, 5.41) is 0.642. The van der Waals surface area contributed by atoms with Crippen LogP contribution in [0.1, 0.15) is 37.9 Å². The fraction of sp³-hybridized carbons (Fsp3) is 0.450. The van der Waals surface area contributed by atoms with Gasteiger partial charge in [-0.1, -0.05) is 29.3 Å². The number of rotatable bonds is 13. The minimum Gasteiger partial charge on any atom is -0.489 e. The Morgan fingerprint density at radius 3 is 2.60 bits per heavy atom. The summed E-state index contributed by atoms with van der Waals surface area (Å²) in [7, 11) is 1.42. The summed E-state index contributed by atoms with van der Waals surface area (Å²) in [5.41, 5.74) is 3.50. The third kappa shape index (κ3) is 7.66. The molecule has 166 valence electrons. The first kappa shape index (κ1) is 24.2. The van der Waals surface area contributed by atoms with E-state index in [0.717, 1.165) is 12.8 Å². The number of carbonyl (C=O) groups is 1. The summed E-state index contributed by atoms with van der Waals surface area (Å²) in [6, 6.07) is 4.38. The molecular weight excluding hydrogens is 443 g/mol. The Morgan fingerprint density at radius 2 is 2.03 bits per heavy atom. The van der Waals surface area contributed by atoms with Gasteiger partial charge in [-0.25, -0.2) is 0 Å². The molecule has 0 heterocycles. The van der Waals surface area contributed by atoms with Crippen molar-refractivity contribution < 1.29 is 32.6 Å². The number of hydrogen-bond donors (Lipinski definition) is 1. The molecule has 30 heavy (non-hydrogen) atoms. The molecule has 0 spiro atoms. The summed E-state index contributed by atoms with van der Waals surface area (Å²) in [6.07, 6.45) is 2.80. The Balaban J connectivity index is 2.31. The second kappa shape index (κ2) is 12.0. The highest BCUT2D eigenvalue weighted by molar-refractivity contribution is 6.35. The minimum absolute atomic E-state index is 0.0919. The minimum atomic E-state index is -2.99. The molecule has 1 unspecified atom stereocenters. The number of hydroxylamine groups is 1. The maximum absolute atomic E-state index is 12.7. The van der Waals surface area contributed by atoms with Crippen LogP contribution in [0.25, 0.3) is 0 Å². The van der Waals surface area contributed by atoms with Gasteiger partial charge in [0.1, 0.15) is 6.10 Å². The van der Waals surface area contributed by atoms with Crippen molar-refractivity contribution in [2.24, 2.45) is 5.92 Å². The van der Waals surface area contributed by atoms with Gasteiger partial charge in [0.05, 0.1) is 18.7 Å². The molecule has 1 aliphatic carbocycles. The lowest BCUT2D eigenvalue weighted by Gasteiger charge is -2.20. The van der Waals surface area contributed by atoms with Crippen LogP contribution in [-0.4, -0.2) is 26.8 Å². The molecule has 1 aromatic rings. The van der Waals surface area contributed by atoms with Gasteiger partial charge < -0.3 is 14.2 Å². The quantitative estimate of drug-likeness (QED) is 0.238. The second-order valence-corrected chi connectivity index (χ2v) is 7.56. The van der Waals surface area contributed by atoms with Crippen molar-refractivity contribution in [3.63, 3.8) is 0 Å². The average Bonchev–Trinajstić information content (AvgIpc) is 3.52. The molecule has 0 amide bonds. The van der Waals surface area contributed by atoms with Crippen LogP contribution >= 0.6 is 23.2 Å². The Bertz CT molecular complexity index is 780. The number of halogens is 4. The first-order chi connectivity index (χ1) is 14.3. The first-order valence-corrected chi connectivity index (χ1v) is 9.91. The standard InChI is InChI=1S/C20H23Cl2F2NO5/c1-12(21)15(16(22)9-25-27-2)8-18(29-11-26)14-5-6-17(30-20(23)24)19(7-14)28-10-13-3-4-13/h5-7,9,11,13,18,20,25H,3-4,8,10H2,1-2H3/b15-12+,16-9+. The smallest absolute Gasteiger partial charge is 0.387 e. The van der Waals surface area contributed by atoms with E-state index in [1.165, 1.54) is 31.5 Å². The van der Waals surface area contributed by atoms with Gasteiger partial charge in [0.2, 0.25) is 0 Å². The summed E-state index contributed by atoms with van der Waals surface area (Å²) >= 11 is 12.4. The predicted molar refractivity (Wildman–Crippen MR) is 108 cm³/mol. The van der Waals surface area contributed by atoms with Gasteiger partial charge in [-0.15, -0.1) is 0 Å². The molecule has 1 N–H and O–H groups in total. The third-order valence-corrected chi connectivity index (χ3v) is 4.91. The van der Waals surface area contributed by atoms with Gasteiger partial charge in [0.25, 0.3) is 6.47 Å². The Kier molecular flexibility index (Phi) is 9.68. The van der Waals surface area contributed by atoms with Crippen molar-refractivity contribution >= 4 is 29.7 Å². The zero-order valence-electron chi connectivity index (χ0n) is 16.5. The summed E-state index contributed by atoms with van der Waals surface area (Å²) in [6.45, 7) is -0.662. The van der Waals surface area contributed by atoms with E-state index in [4.69, 9.17) is 37.5 Å². The molecule has 1 aliphatic rings. The Hall–Kier alpha value is -2.03. The monoisotopic (exact) mass is 465 g/mol. The summed E-state index contributed by atoms with van der Waals surface area (Å²) in [5.74, 6) is 0.460. The average molecular weight is 466 g/mol. The van der Waals surface area contributed by atoms with Crippen LogP contribution in [0.4, 0.5) is 8.78 Å². The van der Waals surface area contributed by atoms with Crippen molar-refractivity contribution in [3.05, 3.63) is 45.6 Å². The van der Waals surface area contributed by atoms with Crippen molar-refractivity contribution in [2.45, 2.75) is 38.9 Å². The summed E-state index contributed by atoms with van der Waals surface area (Å²) in [4.78, 5) is 15.8.